The lowest BCUT2D eigenvalue weighted by Gasteiger charge is -2.28. The summed E-state index contributed by atoms with van der Waals surface area (Å²) in [5, 5.41) is 2.98. The summed E-state index contributed by atoms with van der Waals surface area (Å²) in [4.78, 5) is 51.2. The lowest BCUT2D eigenvalue weighted by Crippen LogP contribution is -2.37. The number of hydrogen-bond acceptors (Lipinski definition) is 5. The first-order valence-corrected chi connectivity index (χ1v) is 12.3. The highest BCUT2D eigenvalue weighted by atomic mass is 79.9. The second kappa shape index (κ2) is 9.00. The largest absolute Gasteiger partial charge is 0.456 e. The molecule has 3 amide bonds. The summed E-state index contributed by atoms with van der Waals surface area (Å²) in [7, 11) is 0. The Morgan fingerprint density at radius 1 is 1.10 bits per heavy atom. The second-order valence-corrected chi connectivity index (χ2v) is 10.8. The van der Waals surface area contributed by atoms with Crippen molar-refractivity contribution >= 4 is 84.4 Å². The molecule has 3 fully saturated rings. The lowest BCUT2D eigenvalue weighted by molar-refractivity contribution is -0.149. The van der Waals surface area contributed by atoms with Gasteiger partial charge in [-0.15, -0.1) is 0 Å². The van der Waals surface area contributed by atoms with Crippen molar-refractivity contribution in [1.82, 2.24) is 4.90 Å². The van der Waals surface area contributed by atoms with E-state index in [1.807, 2.05) is 0 Å². The number of ether oxygens (including phenoxy) is 1. The van der Waals surface area contributed by atoms with Crippen LogP contribution in [0.25, 0.3) is 0 Å². The number of likely N-dealkylation sites (tertiary alicyclic amines) is 1. The summed E-state index contributed by atoms with van der Waals surface area (Å²) in [6, 6.07) is 4.77. The number of halogens is 4. The first-order chi connectivity index (χ1) is 14.7. The zero-order chi connectivity index (χ0) is 22.4. The van der Waals surface area contributed by atoms with Crippen molar-refractivity contribution in [2.24, 2.45) is 23.7 Å². The van der Waals surface area contributed by atoms with Crippen LogP contribution in [-0.4, -0.2) is 51.4 Å². The topological polar surface area (TPSA) is 92.8 Å². The first kappa shape index (κ1) is 23.0. The van der Waals surface area contributed by atoms with Gasteiger partial charge in [0.15, 0.2) is 6.61 Å². The number of carbonyl (C=O) groups excluding carboxylic acids is 4. The van der Waals surface area contributed by atoms with Gasteiger partial charge < -0.3 is 10.1 Å². The third-order valence-corrected chi connectivity index (χ3v) is 10.2. The Morgan fingerprint density at radius 3 is 2.32 bits per heavy atom. The summed E-state index contributed by atoms with van der Waals surface area (Å²) < 4.78 is 4.97. The van der Waals surface area contributed by atoms with E-state index in [1.54, 1.807) is 18.2 Å². The zero-order valence-corrected chi connectivity index (χ0v) is 20.7. The molecule has 1 aliphatic heterocycles. The highest BCUT2D eigenvalue weighted by Crippen LogP contribution is 2.60. The number of rotatable bonds is 6. The third kappa shape index (κ3) is 4.14. The Hall–Kier alpha value is -1.16. The molecule has 0 radical (unpaired) electrons. The molecule has 4 rings (SSSR count). The van der Waals surface area contributed by atoms with Gasteiger partial charge in [0.05, 0.1) is 34.0 Å². The molecule has 11 heteroatoms. The second-order valence-electron chi connectivity index (χ2n) is 7.89. The molecule has 2 aliphatic carbocycles. The van der Waals surface area contributed by atoms with Crippen LogP contribution in [0.4, 0.5) is 5.69 Å². The molecule has 0 spiro atoms. The first-order valence-electron chi connectivity index (χ1n) is 9.73. The van der Waals surface area contributed by atoms with Crippen molar-refractivity contribution in [3.05, 3.63) is 28.2 Å². The SMILES string of the molecule is O=C(COC(=O)CCN1C(=O)[C@@H]2[C@H]3C[C@@H]([C@@H](Br)[C@H]3Br)[C@H]2C1=O)Nc1cccc(Cl)c1Cl. The highest BCUT2D eigenvalue weighted by Gasteiger charge is 2.66. The number of benzene rings is 1. The maximum Gasteiger partial charge on any atom is 0.308 e. The number of amides is 3. The van der Waals surface area contributed by atoms with E-state index in [4.69, 9.17) is 27.9 Å². The minimum absolute atomic E-state index is 0.0510. The molecule has 6 atom stereocenters. The fraction of sp³-hybridized carbons (Fsp3) is 0.500. The standard InChI is InChI=1S/C20H18Br2Cl2N2O5/c21-16-8-6-9(17(16)22)15-14(8)19(29)26(20(15)30)5-4-13(28)31-7-12(27)25-11-3-1-2-10(23)18(11)24/h1-3,8-9,14-17H,4-7H2,(H,25,27)/t8-,9-,14-,15-,16-,17+/m1/s1. The molecule has 3 aliphatic rings. The van der Waals surface area contributed by atoms with Crippen molar-refractivity contribution in [3.8, 4) is 0 Å². The summed E-state index contributed by atoms with van der Waals surface area (Å²) >= 11 is 19.2. The molecule has 1 aromatic carbocycles. The van der Waals surface area contributed by atoms with Gasteiger partial charge in [-0.2, -0.15) is 0 Å². The van der Waals surface area contributed by atoms with Crippen LogP contribution in [0, 0.1) is 23.7 Å². The number of nitrogens with one attached hydrogen (secondary N) is 1. The van der Waals surface area contributed by atoms with Crippen LogP contribution in [0.2, 0.25) is 10.0 Å². The molecule has 0 aromatic heterocycles. The van der Waals surface area contributed by atoms with Gasteiger partial charge in [-0.3, -0.25) is 24.1 Å². The summed E-state index contributed by atoms with van der Waals surface area (Å²) in [6.07, 6.45) is 0.674. The quantitative estimate of drug-likeness (QED) is 0.308. The predicted octanol–water partition coefficient (Wildman–Crippen LogP) is 3.64. The molecule has 166 valence electrons. The predicted molar refractivity (Wildman–Crippen MR) is 121 cm³/mol. The Morgan fingerprint density at radius 2 is 1.71 bits per heavy atom. The van der Waals surface area contributed by atoms with Crippen LogP contribution in [0.15, 0.2) is 18.2 Å². The number of anilines is 1. The Balaban J connectivity index is 1.27. The highest BCUT2D eigenvalue weighted by molar-refractivity contribution is 9.12. The van der Waals surface area contributed by atoms with Gasteiger partial charge in [-0.05, 0) is 30.4 Å². The zero-order valence-electron chi connectivity index (χ0n) is 16.0. The molecular weight excluding hydrogens is 579 g/mol. The van der Waals surface area contributed by atoms with E-state index in [2.05, 4.69) is 37.2 Å². The number of esters is 1. The van der Waals surface area contributed by atoms with E-state index in [0.717, 1.165) is 6.42 Å². The van der Waals surface area contributed by atoms with Crippen LogP contribution in [0.3, 0.4) is 0 Å². The number of fused-ring (bicyclic) bond motifs is 5. The maximum absolute atomic E-state index is 12.8. The number of carbonyl (C=O) groups is 4. The van der Waals surface area contributed by atoms with Crippen molar-refractivity contribution in [1.29, 1.82) is 0 Å². The fourth-order valence-corrected chi connectivity index (χ4v) is 7.06. The van der Waals surface area contributed by atoms with Crippen molar-refractivity contribution in [3.63, 3.8) is 0 Å². The van der Waals surface area contributed by atoms with E-state index in [9.17, 15) is 19.2 Å². The van der Waals surface area contributed by atoms with Gasteiger partial charge in [0.2, 0.25) is 11.8 Å². The minimum Gasteiger partial charge on any atom is -0.456 e. The van der Waals surface area contributed by atoms with Crippen LogP contribution >= 0.6 is 55.1 Å². The maximum atomic E-state index is 12.8. The molecular formula is C20H18Br2Cl2N2O5. The number of nitrogens with zero attached hydrogens (tertiary/aromatic N) is 1. The number of hydrogen-bond donors (Lipinski definition) is 1. The van der Waals surface area contributed by atoms with E-state index >= 15 is 0 Å². The smallest absolute Gasteiger partial charge is 0.308 e. The Bertz CT molecular complexity index is 929. The molecule has 1 N–H and O–H groups in total. The van der Waals surface area contributed by atoms with Gasteiger partial charge in [0.25, 0.3) is 5.91 Å². The summed E-state index contributed by atoms with van der Waals surface area (Å²) in [5.41, 5.74) is 0.305. The van der Waals surface area contributed by atoms with Crippen molar-refractivity contribution in [2.45, 2.75) is 22.5 Å². The molecule has 1 heterocycles. The van der Waals surface area contributed by atoms with Gasteiger partial charge in [0.1, 0.15) is 0 Å². The average molecular weight is 597 g/mol. The molecule has 2 bridgehead atoms. The number of alkyl halides is 2. The van der Waals surface area contributed by atoms with Gasteiger partial charge in [-0.1, -0.05) is 61.1 Å². The van der Waals surface area contributed by atoms with Crippen LogP contribution in [0.1, 0.15) is 12.8 Å². The molecule has 2 saturated carbocycles. The van der Waals surface area contributed by atoms with Crippen molar-refractivity contribution in [2.75, 3.05) is 18.5 Å². The van der Waals surface area contributed by atoms with Crippen LogP contribution in [0.5, 0.6) is 0 Å². The number of imide groups is 1. The summed E-state index contributed by atoms with van der Waals surface area (Å²) in [6.45, 7) is -0.569. The molecule has 0 unspecified atom stereocenters. The molecule has 1 aromatic rings. The minimum atomic E-state index is -0.676. The van der Waals surface area contributed by atoms with E-state index < -0.39 is 18.5 Å². The van der Waals surface area contributed by atoms with Crippen LogP contribution < -0.4 is 5.32 Å². The van der Waals surface area contributed by atoms with Gasteiger partial charge in [-0.25, -0.2) is 0 Å². The monoisotopic (exact) mass is 594 g/mol. The third-order valence-electron chi connectivity index (χ3n) is 6.21. The van der Waals surface area contributed by atoms with Gasteiger partial charge >= 0.3 is 5.97 Å². The lowest BCUT2D eigenvalue weighted by atomic mass is 9.81. The van der Waals surface area contributed by atoms with E-state index in [1.165, 1.54) is 4.90 Å². The van der Waals surface area contributed by atoms with Crippen LogP contribution in [-0.2, 0) is 23.9 Å². The van der Waals surface area contributed by atoms with Crippen molar-refractivity contribution < 1.29 is 23.9 Å². The normalized spacial score (nSPS) is 31.2. The molecule has 31 heavy (non-hydrogen) atoms. The Kier molecular flexibility index (Phi) is 6.68. The summed E-state index contributed by atoms with van der Waals surface area (Å²) in [5.74, 6) is -2.09. The molecule has 1 saturated heterocycles. The fourth-order valence-electron chi connectivity index (χ4n) is 4.84. The molecule has 7 nitrogen and oxygen atoms in total. The van der Waals surface area contributed by atoms with E-state index in [-0.39, 0.29) is 68.2 Å². The van der Waals surface area contributed by atoms with Gasteiger partial charge in [0, 0.05) is 16.2 Å². The Labute approximate surface area is 205 Å². The average Bonchev–Trinajstić information content (AvgIpc) is 3.33. The van der Waals surface area contributed by atoms with E-state index in [0.29, 0.717) is 5.69 Å².